The van der Waals surface area contributed by atoms with Gasteiger partial charge in [0.15, 0.2) is 5.96 Å². The molecule has 1 heterocycles. The van der Waals surface area contributed by atoms with Gasteiger partial charge in [-0.3, -0.25) is 4.99 Å². The maximum atomic E-state index is 5.72. The Labute approximate surface area is 124 Å². The predicted octanol–water partition coefficient (Wildman–Crippen LogP) is 2.95. The second kappa shape index (κ2) is 8.52. The van der Waals surface area contributed by atoms with Gasteiger partial charge in [-0.1, -0.05) is 19.1 Å². The zero-order valence-electron chi connectivity index (χ0n) is 10.3. The van der Waals surface area contributed by atoms with E-state index in [0.717, 1.165) is 5.57 Å². The van der Waals surface area contributed by atoms with Gasteiger partial charge in [-0.15, -0.1) is 24.0 Å². The summed E-state index contributed by atoms with van der Waals surface area (Å²) in [7, 11) is 0. The molecule has 1 atom stereocenters. The van der Waals surface area contributed by atoms with Crippen molar-refractivity contribution in [1.82, 2.24) is 5.32 Å². The zero-order valence-corrected chi connectivity index (χ0v) is 13.4. The van der Waals surface area contributed by atoms with E-state index >= 15 is 0 Å². The number of hydrogen-bond acceptors (Lipinski definition) is 2. The fraction of sp³-hybridized carbons (Fsp3) is 0.417. The van der Waals surface area contributed by atoms with Crippen LogP contribution in [0.2, 0.25) is 0 Å². The van der Waals surface area contributed by atoms with Gasteiger partial charge >= 0.3 is 0 Å². The molecule has 0 aliphatic carbocycles. The molecule has 0 amide bonds. The summed E-state index contributed by atoms with van der Waals surface area (Å²) in [6, 6.07) is 2.13. The Morgan fingerprint density at radius 1 is 1.65 bits per heavy atom. The minimum Gasteiger partial charge on any atom is -0.370 e. The highest BCUT2D eigenvalue weighted by Crippen LogP contribution is 2.17. The number of aliphatic imine (C=N–C) groups is 1. The first-order valence-electron chi connectivity index (χ1n) is 5.30. The predicted molar refractivity (Wildman–Crippen MR) is 87.5 cm³/mol. The number of hydrogen-bond donors (Lipinski definition) is 2. The summed E-state index contributed by atoms with van der Waals surface area (Å²) in [5, 5.41) is 7.25. The van der Waals surface area contributed by atoms with Gasteiger partial charge in [0.1, 0.15) is 0 Å². The summed E-state index contributed by atoms with van der Waals surface area (Å²) in [5.41, 5.74) is 8.09. The standard InChI is InChI=1S/C12H19N3S.HI/c1-9(2)6-14-12(13)15-7-10(3)11-4-5-16-8-11;/h4-5,8,10H,1,6-7H2,2-3H3,(H3,13,14,15);1H. The Balaban J connectivity index is 0.00000256. The van der Waals surface area contributed by atoms with Gasteiger partial charge in [0.25, 0.3) is 0 Å². The minimum absolute atomic E-state index is 0. The fourth-order valence-corrected chi connectivity index (χ4v) is 1.98. The van der Waals surface area contributed by atoms with Crippen LogP contribution in [0.25, 0.3) is 0 Å². The third kappa shape index (κ3) is 6.68. The van der Waals surface area contributed by atoms with Gasteiger partial charge in [-0.05, 0) is 29.3 Å². The highest BCUT2D eigenvalue weighted by molar-refractivity contribution is 14.0. The van der Waals surface area contributed by atoms with E-state index in [4.69, 9.17) is 5.73 Å². The molecule has 17 heavy (non-hydrogen) atoms. The van der Waals surface area contributed by atoms with Gasteiger partial charge in [0, 0.05) is 19.0 Å². The molecule has 0 radical (unpaired) electrons. The molecular formula is C12H20IN3S. The molecule has 0 saturated heterocycles. The Hall–Kier alpha value is -0.560. The Bertz CT molecular complexity index is 360. The van der Waals surface area contributed by atoms with E-state index in [1.165, 1.54) is 5.56 Å². The van der Waals surface area contributed by atoms with Crippen LogP contribution in [0.15, 0.2) is 34.0 Å². The Morgan fingerprint density at radius 3 is 2.88 bits per heavy atom. The van der Waals surface area contributed by atoms with Crippen molar-refractivity contribution in [3.05, 3.63) is 34.5 Å². The van der Waals surface area contributed by atoms with Crippen molar-refractivity contribution in [1.29, 1.82) is 0 Å². The zero-order chi connectivity index (χ0) is 12.0. The number of rotatable bonds is 5. The van der Waals surface area contributed by atoms with E-state index in [9.17, 15) is 0 Å². The molecule has 0 aromatic carbocycles. The molecule has 0 aliphatic heterocycles. The molecule has 96 valence electrons. The average Bonchev–Trinajstić information content (AvgIpc) is 2.76. The average molecular weight is 365 g/mol. The second-order valence-corrected chi connectivity index (χ2v) is 4.77. The molecule has 1 aromatic heterocycles. The van der Waals surface area contributed by atoms with E-state index in [-0.39, 0.29) is 24.0 Å². The number of nitrogens with zero attached hydrogens (tertiary/aromatic N) is 1. The maximum Gasteiger partial charge on any atom is 0.188 e. The second-order valence-electron chi connectivity index (χ2n) is 3.99. The summed E-state index contributed by atoms with van der Waals surface area (Å²) in [6.07, 6.45) is 0. The lowest BCUT2D eigenvalue weighted by Crippen LogP contribution is -2.33. The topological polar surface area (TPSA) is 50.4 Å². The van der Waals surface area contributed by atoms with Gasteiger partial charge < -0.3 is 11.1 Å². The van der Waals surface area contributed by atoms with E-state index in [1.54, 1.807) is 11.3 Å². The molecule has 1 unspecified atom stereocenters. The first kappa shape index (κ1) is 16.4. The minimum atomic E-state index is 0. The molecule has 0 fully saturated rings. The van der Waals surface area contributed by atoms with Crippen molar-refractivity contribution in [2.24, 2.45) is 10.7 Å². The lowest BCUT2D eigenvalue weighted by molar-refractivity contribution is 0.771. The highest BCUT2D eigenvalue weighted by atomic mass is 127. The van der Waals surface area contributed by atoms with Crippen molar-refractivity contribution in [3.63, 3.8) is 0 Å². The van der Waals surface area contributed by atoms with Crippen LogP contribution in [0, 0.1) is 0 Å². The number of nitrogens with one attached hydrogen (secondary N) is 1. The van der Waals surface area contributed by atoms with Gasteiger partial charge in [-0.25, -0.2) is 0 Å². The lowest BCUT2D eigenvalue weighted by Gasteiger charge is -2.08. The molecular weight excluding hydrogens is 345 g/mol. The van der Waals surface area contributed by atoms with Crippen LogP contribution >= 0.6 is 35.3 Å². The van der Waals surface area contributed by atoms with E-state index in [2.05, 4.69) is 40.6 Å². The van der Waals surface area contributed by atoms with Crippen molar-refractivity contribution >= 4 is 41.3 Å². The normalized spacial score (nSPS) is 12.7. The number of thiophene rings is 1. The van der Waals surface area contributed by atoms with Crippen molar-refractivity contribution in [2.45, 2.75) is 19.8 Å². The number of nitrogens with two attached hydrogens (primary N) is 1. The maximum absolute atomic E-state index is 5.72. The van der Waals surface area contributed by atoms with Crippen LogP contribution in [0.1, 0.15) is 25.3 Å². The molecule has 3 N–H and O–H groups in total. The van der Waals surface area contributed by atoms with Crippen LogP contribution in [0.3, 0.4) is 0 Å². The lowest BCUT2D eigenvalue weighted by atomic mass is 10.1. The summed E-state index contributed by atoms with van der Waals surface area (Å²) >= 11 is 1.71. The van der Waals surface area contributed by atoms with E-state index < -0.39 is 0 Å². The largest absolute Gasteiger partial charge is 0.370 e. The number of guanidine groups is 1. The molecule has 1 rings (SSSR count). The first-order chi connectivity index (χ1) is 7.59. The summed E-state index contributed by atoms with van der Waals surface area (Å²) in [6.45, 7) is 9.29. The van der Waals surface area contributed by atoms with Crippen LogP contribution in [0.5, 0.6) is 0 Å². The van der Waals surface area contributed by atoms with Gasteiger partial charge in [0.05, 0.1) is 0 Å². The van der Waals surface area contributed by atoms with Crippen LogP contribution in [-0.2, 0) is 0 Å². The highest BCUT2D eigenvalue weighted by Gasteiger charge is 2.04. The summed E-state index contributed by atoms with van der Waals surface area (Å²) < 4.78 is 0. The van der Waals surface area contributed by atoms with E-state index in [1.807, 2.05) is 6.92 Å². The van der Waals surface area contributed by atoms with Gasteiger partial charge in [-0.2, -0.15) is 11.3 Å². The fourth-order valence-electron chi connectivity index (χ4n) is 1.19. The molecule has 5 heteroatoms. The molecule has 3 nitrogen and oxygen atoms in total. The molecule has 0 saturated carbocycles. The third-order valence-electron chi connectivity index (χ3n) is 2.22. The van der Waals surface area contributed by atoms with Gasteiger partial charge in [0.2, 0.25) is 0 Å². The van der Waals surface area contributed by atoms with Crippen LogP contribution in [0.4, 0.5) is 0 Å². The van der Waals surface area contributed by atoms with Crippen LogP contribution < -0.4 is 11.1 Å². The van der Waals surface area contributed by atoms with Crippen LogP contribution in [-0.4, -0.2) is 19.0 Å². The number of halogens is 1. The monoisotopic (exact) mass is 365 g/mol. The van der Waals surface area contributed by atoms with Crippen molar-refractivity contribution < 1.29 is 0 Å². The Kier molecular flexibility index (Phi) is 8.24. The molecule has 0 aliphatic rings. The van der Waals surface area contributed by atoms with Crippen molar-refractivity contribution in [3.8, 4) is 0 Å². The molecule has 0 bridgehead atoms. The Morgan fingerprint density at radius 2 is 2.35 bits per heavy atom. The first-order valence-corrected chi connectivity index (χ1v) is 6.24. The quantitative estimate of drug-likeness (QED) is 0.365. The smallest absolute Gasteiger partial charge is 0.188 e. The van der Waals surface area contributed by atoms with Crippen molar-refractivity contribution in [2.75, 3.05) is 13.1 Å². The summed E-state index contributed by atoms with van der Waals surface area (Å²) in [4.78, 5) is 4.30. The third-order valence-corrected chi connectivity index (χ3v) is 2.92. The molecule has 0 spiro atoms. The summed E-state index contributed by atoms with van der Waals surface area (Å²) in [5.74, 6) is 0.904. The molecule has 1 aromatic rings. The van der Waals surface area contributed by atoms with E-state index in [0.29, 0.717) is 25.0 Å². The SMILES string of the molecule is C=C(C)CNC(N)=NCC(C)c1ccsc1.I.